The number of nitrogens with one attached hydrogen (secondary N) is 1. The molecule has 2 aromatic rings. The minimum atomic E-state index is -0.0504. The van der Waals surface area contributed by atoms with Gasteiger partial charge in [0, 0.05) is 18.8 Å². The van der Waals surface area contributed by atoms with Gasteiger partial charge in [-0.25, -0.2) is 0 Å². The number of nitrogens with zero attached hydrogens (tertiary/aromatic N) is 2. The molecule has 19 heavy (non-hydrogen) atoms. The van der Waals surface area contributed by atoms with Crippen LogP contribution in [0.5, 0.6) is 0 Å². The molecule has 0 spiro atoms. The van der Waals surface area contributed by atoms with E-state index < -0.39 is 0 Å². The van der Waals surface area contributed by atoms with E-state index in [1.54, 1.807) is 4.68 Å². The van der Waals surface area contributed by atoms with Crippen molar-refractivity contribution in [3.63, 3.8) is 0 Å². The minimum Gasteiger partial charge on any atom is -0.397 e. The van der Waals surface area contributed by atoms with Crippen molar-refractivity contribution in [3.05, 3.63) is 10.6 Å². The first-order valence-electron chi connectivity index (χ1n) is 6.18. The molecule has 7 heteroatoms. The number of carbonyl (C=O) groups excluding carboxylic acids is 1. The van der Waals surface area contributed by atoms with Gasteiger partial charge in [0.15, 0.2) is 0 Å². The van der Waals surface area contributed by atoms with E-state index in [-0.39, 0.29) is 11.9 Å². The Balaban J connectivity index is 1.93. The van der Waals surface area contributed by atoms with E-state index in [0.29, 0.717) is 10.6 Å². The van der Waals surface area contributed by atoms with Crippen LogP contribution in [0.1, 0.15) is 21.8 Å². The molecule has 0 saturated carbocycles. The van der Waals surface area contributed by atoms with E-state index in [9.17, 15) is 4.79 Å². The lowest BCUT2D eigenvalue weighted by Gasteiger charge is -2.10. The highest BCUT2D eigenvalue weighted by Gasteiger charge is 2.24. The summed E-state index contributed by atoms with van der Waals surface area (Å²) in [5.41, 5.74) is 7.56. The number of aryl methyl sites for hydroxylation is 2. The van der Waals surface area contributed by atoms with E-state index in [0.717, 1.165) is 33.8 Å². The second-order valence-corrected chi connectivity index (χ2v) is 6.92. The van der Waals surface area contributed by atoms with Crippen molar-refractivity contribution >= 4 is 44.9 Å². The Morgan fingerprint density at radius 1 is 1.58 bits per heavy atom. The molecule has 1 aliphatic rings. The number of aromatic nitrogens is 2. The molecule has 1 unspecified atom stereocenters. The van der Waals surface area contributed by atoms with Gasteiger partial charge in [-0.1, -0.05) is 0 Å². The number of nitrogens with two attached hydrogens (primary N) is 1. The summed E-state index contributed by atoms with van der Waals surface area (Å²) in [7, 11) is 1.88. The maximum absolute atomic E-state index is 12.3. The smallest absolute Gasteiger partial charge is 0.263 e. The summed E-state index contributed by atoms with van der Waals surface area (Å²) in [6.07, 6.45) is 1.04. The van der Waals surface area contributed by atoms with E-state index >= 15 is 0 Å². The largest absolute Gasteiger partial charge is 0.397 e. The first-order chi connectivity index (χ1) is 9.08. The fraction of sp³-hybridized carbons (Fsp3) is 0.500. The average Bonchev–Trinajstić information content (AvgIpc) is 3.01. The van der Waals surface area contributed by atoms with Crippen LogP contribution >= 0.6 is 23.1 Å². The summed E-state index contributed by atoms with van der Waals surface area (Å²) in [5, 5.41) is 8.31. The van der Waals surface area contributed by atoms with E-state index in [4.69, 9.17) is 5.73 Å². The Labute approximate surface area is 119 Å². The molecule has 0 bridgehead atoms. The molecular weight excluding hydrogens is 280 g/mol. The number of nitrogen functional groups attached to an aromatic ring is 1. The van der Waals surface area contributed by atoms with Crippen molar-refractivity contribution in [1.82, 2.24) is 15.1 Å². The van der Waals surface area contributed by atoms with Crippen molar-refractivity contribution in [2.24, 2.45) is 7.05 Å². The van der Waals surface area contributed by atoms with E-state index in [1.807, 2.05) is 25.7 Å². The number of amides is 1. The first kappa shape index (κ1) is 12.8. The van der Waals surface area contributed by atoms with Gasteiger partial charge in [-0.05, 0) is 19.1 Å². The number of thiophene rings is 1. The summed E-state index contributed by atoms with van der Waals surface area (Å²) in [5.74, 6) is 2.07. The number of hydrogen-bond acceptors (Lipinski definition) is 5. The number of fused-ring (bicyclic) bond motifs is 1. The van der Waals surface area contributed by atoms with Gasteiger partial charge >= 0.3 is 0 Å². The number of carbonyl (C=O) groups is 1. The van der Waals surface area contributed by atoms with Crippen LogP contribution in [0.4, 0.5) is 5.69 Å². The lowest BCUT2D eigenvalue weighted by Crippen LogP contribution is -2.34. The van der Waals surface area contributed by atoms with Gasteiger partial charge in [0.25, 0.3) is 5.91 Å². The zero-order valence-corrected chi connectivity index (χ0v) is 12.5. The molecule has 0 aromatic carbocycles. The van der Waals surface area contributed by atoms with E-state index in [1.165, 1.54) is 11.3 Å². The van der Waals surface area contributed by atoms with Crippen LogP contribution in [-0.4, -0.2) is 33.2 Å². The van der Waals surface area contributed by atoms with Crippen LogP contribution in [0.2, 0.25) is 0 Å². The Hall–Kier alpha value is -1.21. The van der Waals surface area contributed by atoms with Gasteiger partial charge in [0.05, 0.1) is 16.8 Å². The third kappa shape index (κ3) is 2.10. The quantitative estimate of drug-likeness (QED) is 0.885. The zero-order valence-electron chi connectivity index (χ0n) is 10.9. The summed E-state index contributed by atoms with van der Waals surface area (Å²) >= 11 is 3.30. The second-order valence-electron chi connectivity index (χ2n) is 4.77. The van der Waals surface area contributed by atoms with Crippen LogP contribution in [-0.2, 0) is 7.05 Å². The Morgan fingerprint density at radius 3 is 3.00 bits per heavy atom. The van der Waals surface area contributed by atoms with Crippen molar-refractivity contribution in [1.29, 1.82) is 0 Å². The lowest BCUT2D eigenvalue weighted by atomic mass is 10.2. The number of hydrogen-bond donors (Lipinski definition) is 2. The summed E-state index contributed by atoms with van der Waals surface area (Å²) in [6, 6.07) is 0.279. The fourth-order valence-electron chi connectivity index (χ4n) is 2.40. The van der Waals surface area contributed by atoms with Crippen LogP contribution in [0.15, 0.2) is 0 Å². The third-order valence-electron chi connectivity index (χ3n) is 3.35. The Kier molecular flexibility index (Phi) is 3.18. The maximum atomic E-state index is 12.3. The zero-order chi connectivity index (χ0) is 13.6. The highest BCUT2D eigenvalue weighted by atomic mass is 32.2. The predicted octanol–water partition coefficient (Wildman–Crippen LogP) is 1.76. The second kappa shape index (κ2) is 4.72. The van der Waals surface area contributed by atoms with Gasteiger partial charge in [-0.3, -0.25) is 9.48 Å². The highest BCUT2D eigenvalue weighted by Crippen LogP contribution is 2.35. The third-order valence-corrected chi connectivity index (χ3v) is 5.79. The Bertz CT molecular complexity index is 640. The molecular formula is C12H16N4OS2. The molecule has 3 N–H and O–H groups in total. The molecule has 1 fully saturated rings. The van der Waals surface area contributed by atoms with Crippen LogP contribution < -0.4 is 11.1 Å². The molecule has 1 aliphatic heterocycles. The highest BCUT2D eigenvalue weighted by molar-refractivity contribution is 7.99. The first-order valence-corrected chi connectivity index (χ1v) is 8.15. The van der Waals surface area contributed by atoms with Crippen molar-refractivity contribution in [2.45, 2.75) is 19.4 Å². The molecule has 1 atom stereocenters. The van der Waals surface area contributed by atoms with E-state index in [2.05, 4.69) is 10.4 Å². The molecule has 102 valence electrons. The fourth-order valence-corrected chi connectivity index (χ4v) is 4.64. The van der Waals surface area contributed by atoms with Crippen molar-refractivity contribution in [2.75, 3.05) is 17.2 Å². The predicted molar refractivity (Wildman–Crippen MR) is 80.9 cm³/mol. The number of rotatable bonds is 2. The summed E-state index contributed by atoms with van der Waals surface area (Å²) < 4.78 is 1.79. The number of thioether (sulfide) groups is 1. The molecule has 3 rings (SSSR count). The topological polar surface area (TPSA) is 72.9 Å². The maximum Gasteiger partial charge on any atom is 0.263 e. The van der Waals surface area contributed by atoms with Gasteiger partial charge < -0.3 is 11.1 Å². The van der Waals surface area contributed by atoms with Gasteiger partial charge in [0.2, 0.25) is 0 Å². The van der Waals surface area contributed by atoms with Crippen LogP contribution in [0.3, 0.4) is 0 Å². The molecule has 1 amide bonds. The SMILES string of the molecule is Cc1nn(C)c2sc(C(=O)NC3CCSC3)c(N)c12. The monoisotopic (exact) mass is 296 g/mol. The van der Waals surface area contributed by atoms with Gasteiger partial charge in [-0.15, -0.1) is 11.3 Å². The standard InChI is InChI=1S/C12H16N4OS2/c1-6-8-9(13)10(19-12(8)16(2)15-6)11(17)14-7-3-4-18-5-7/h7H,3-5,13H2,1-2H3,(H,14,17). The van der Waals surface area contributed by atoms with Crippen LogP contribution in [0.25, 0.3) is 10.2 Å². The lowest BCUT2D eigenvalue weighted by molar-refractivity contribution is 0.0946. The average molecular weight is 296 g/mol. The Morgan fingerprint density at radius 2 is 2.37 bits per heavy atom. The molecule has 2 aromatic heterocycles. The molecule has 0 radical (unpaired) electrons. The molecule has 5 nitrogen and oxygen atoms in total. The minimum absolute atomic E-state index is 0.0504. The van der Waals surface area contributed by atoms with Gasteiger partial charge in [0.1, 0.15) is 9.71 Å². The molecule has 3 heterocycles. The van der Waals surface area contributed by atoms with Crippen LogP contribution in [0, 0.1) is 6.92 Å². The van der Waals surface area contributed by atoms with Crippen molar-refractivity contribution in [3.8, 4) is 0 Å². The summed E-state index contributed by atoms with van der Waals surface area (Å²) in [6.45, 7) is 1.92. The molecule has 0 aliphatic carbocycles. The van der Waals surface area contributed by atoms with Gasteiger partial charge in [-0.2, -0.15) is 16.9 Å². The normalized spacial score (nSPS) is 19.2. The summed E-state index contributed by atoms with van der Waals surface area (Å²) in [4.78, 5) is 13.9. The van der Waals surface area contributed by atoms with Crippen molar-refractivity contribution < 1.29 is 4.79 Å². The molecule has 1 saturated heterocycles. The number of anilines is 1.